The van der Waals surface area contributed by atoms with Gasteiger partial charge in [-0.2, -0.15) is 0 Å². The Morgan fingerprint density at radius 2 is 2.00 bits per heavy atom. The minimum atomic E-state index is -0.988. The van der Waals surface area contributed by atoms with Crippen LogP contribution in [0.25, 0.3) is 0 Å². The standard InChI is InChI=1S/C14H20N2O3/c1-15-5-7-16(8-6-15)12-4-2-3-11(9-12)13(10-17)14(18)19/h2-4,9,13,17H,5-8,10H2,1H3,(H,18,19). The number of hydrogen-bond donors (Lipinski definition) is 2. The summed E-state index contributed by atoms with van der Waals surface area (Å²) in [5, 5.41) is 18.3. The Hall–Kier alpha value is -1.59. The third-order valence-electron chi connectivity index (χ3n) is 3.62. The van der Waals surface area contributed by atoms with Crippen molar-refractivity contribution in [2.45, 2.75) is 5.92 Å². The van der Waals surface area contributed by atoms with E-state index in [1.165, 1.54) is 0 Å². The van der Waals surface area contributed by atoms with Gasteiger partial charge in [0.05, 0.1) is 6.61 Å². The van der Waals surface area contributed by atoms with Crippen LogP contribution in [-0.2, 0) is 4.79 Å². The van der Waals surface area contributed by atoms with Crippen molar-refractivity contribution in [1.29, 1.82) is 0 Å². The Balaban J connectivity index is 2.17. The maximum absolute atomic E-state index is 11.1. The molecule has 1 aliphatic rings. The summed E-state index contributed by atoms with van der Waals surface area (Å²) in [7, 11) is 2.10. The lowest BCUT2D eigenvalue weighted by Crippen LogP contribution is -2.44. The van der Waals surface area contributed by atoms with Gasteiger partial charge in [0.1, 0.15) is 5.92 Å². The summed E-state index contributed by atoms with van der Waals surface area (Å²) in [4.78, 5) is 15.6. The van der Waals surface area contributed by atoms with E-state index < -0.39 is 11.9 Å². The highest BCUT2D eigenvalue weighted by atomic mass is 16.4. The van der Waals surface area contributed by atoms with Gasteiger partial charge in [0.25, 0.3) is 0 Å². The molecule has 0 bridgehead atoms. The average molecular weight is 264 g/mol. The van der Waals surface area contributed by atoms with Crippen molar-refractivity contribution in [2.24, 2.45) is 0 Å². The van der Waals surface area contributed by atoms with E-state index in [1.807, 2.05) is 18.2 Å². The Morgan fingerprint density at radius 3 is 2.58 bits per heavy atom. The van der Waals surface area contributed by atoms with Gasteiger partial charge in [-0.15, -0.1) is 0 Å². The lowest BCUT2D eigenvalue weighted by molar-refractivity contribution is -0.139. The maximum atomic E-state index is 11.1. The zero-order valence-corrected chi connectivity index (χ0v) is 11.1. The number of carboxylic acids is 1. The zero-order valence-electron chi connectivity index (χ0n) is 11.1. The number of benzene rings is 1. The number of rotatable bonds is 4. The van der Waals surface area contributed by atoms with Crippen LogP contribution in [0.3, 0.4) is 0 Å². The Morgan fingerprint density at radius 1 is 1.32 bits per heavy atom. The molecule has 1 aromatic carbocycles. The molecule has 0 aromatic heterocycles. The van der Waals surface area contributed by atoms with Crippen LogP contribution in [0.5, 0.6) is 0 Å². The molecule has 1 saturated heterocycles. The van der Waals surface area contributed by atoms with Crippen molar-refractivity contribution in [3.8, 4) is 0 Å². The minimum absolute atomic E-state index is 0.373. The first-order chi connectivity index (χ1) is 9.11. The number of aliphatic carboxylic acids is 1. The summed E-state index contributed by atoms with van der Waals surface area (Å²) in [5.74, 6) is -1.83. The van der Waals surface area contributed by atoms with E-state index in [-0.39, 0.29) is 6.61 Å². The van der Waals surface area contributed by atoms with Crippen LogP contribution in [0, 0.1) is 0 Å². The normalized spacial score (nSPS) is 18.3. The monoisotopic (exact) mass is 264 g/mol. The van der Waals surface area contributed by atoms with E-state index in [0.29, 0.717) is 5.56 Å². The fourth-order valence-electron chi connectivity index (χ4n) is 2.33. The smallest absolute Gasteiger partial charge is 0.313 e. The predicted octanol–water partition coefficient (Wildman–Crippen LogP) is 0.599. The minimum Gasteiger partial charge on any atom is -0.481 e. The van der Waals surface area contributed by atoms with Gasteiger partial charge in [-0.1, -0.05) is 12.1 Å². The molecule has 1 heterocycles. The summed E-state index contributed by atoms with van der Waals surface area (Å²) in [5.41, 5.74) is 1.69. The van der Waals surface area contributed by atoms with E-state index >= 15 is 0 Å². The van der Waals surface area contributed by atoms with Crippen molar-refractivity contribution >= 4 is 11.7 Å². The summed E-state index contributed by atoms with van der Waals surface area (Å²) in [6.07, 6.45) is 0. The van der Waals surface area contributed by atoms with Crippen LogP contribution in [0.2, 0.25) is 0 Å². The first kappa shape index (κ1) is 13.8. The molecule has 1 fully saturated rings. The van der Waals surface area contributed by atoms with Gasteiger partial charge in [0.2, 0.25) is 0 Å². The highest BCUT2D eigenvalue weighted by molar-refractivity contribution is 5.76. The largest absolute Gasteiger partial charge is 0.481 e. The Kier molecular flexibility index (Phi) is 4.39. The molecule has 5 nitrogen and oxygen atoms in total. The van der Waals surface area contributed by atoms with Gasteiger partial charge >= 0.3 is 5.97 Å². The van der Waals surface area contributed by atoms with E-state index in [1.54, 1.807) is 6.07 Å². The molecule has 0 amide bonds. The van der Waals surface area contributed by atoms with Crippen molar-refractivity contribution in [1.82, 2.24) is 4.90 Å². The SMILES string of the molecule is CN1CCN(c2cccc(C(CO)C(=O)O)c2)CC1. The van der Waals surface area contributed by atoms with Crippen LogP contribution in [0.1, 0.15) is 11.5 Å². The fourth-order valence-corrected chi connectivity index (χ4v) is 2.33. The van der Waals surface area contributed by atoms with Crippen molar-refractivity contribution in [3.63, 3.8) is 0 Å². The first-order valence-corrected chi connectivity index (χ1v) is 6.49. The van der Waals surface area contributed by atoms with Gasteiger partial charge in [-0.25, -0.2) is 0 Å². The Bertz CT molecular complexity index is 442. The molecule has 1 unspecified atom stereocenters. The topological polar surface area (TPSA) is 64.0 Å². The second-order valence-corrected chi connectivity index (χ2v) is 4.96. The van der Waals surface area contributed by atoms with Gasteiger partial charge in [-0.05, 0) is 24.7 Å². The van der Waals surface area contributed by atoms with Gasteiger partial charge in [0, 0.05) is 31.9 Å². The van der Waals surface area contributed by atoms with Crippen LogP contribution >= 0.6 is 0 Å². The number of nitrogens with zero attached hydrogens (tertiary/aromatic N) is 2. The second kappa shape index (κ2) is 6.04. The molecule has 1 atom stereocenters. The lowest BCUT2D eigenvalue weighted by atomic mass is 9.99. The highest BCUT2D eigenvalue weighted by Crippen LogP contribution is 2.23. The third kappa shape index (κ3) is 3.24. The van der Waals surface area contributed by atoms with E-state index in [0.717, 1.165) is 31.9 Å². The molecular weight excluding hydrogens is 244 g/mol. The molecule has 0 aliphatic carbocycles. The fraction of sp³-hybridized carbons (Fsp3) is 0.500. The molecule has 19 heavy (non-hydrogen) atoms. The molecule has 1 aromatic rings. The number of aliphatic hydroxyl groups excluding tert-OH is 1. The Labute approximate surface area is 113 Å². The number of hydrogen-bond acceptors (Lipinski definition) is 4. The molecule has 0 saturated carbocycles. The molecular formula is C14H20N2O3. The van der Waals surface area contributed by atoms with E-state index in [4.69, 9.17) is 5.11 Å². The second-order valence-electron chi connectivity index (χ2n) is 4.96. The van der Waals surface area contributed by atoms with Gasteiger partial charge < -0.3 is 20.0 Å². The zero-order chi connectivity index (χ0) is 13.8. The molecule has 2 rings (SSSR count). The van der Waals surface area contributed by atoms with Crippen molar-refractivity contribution < 1.29 is 15.0 Å². The van der Waals surface area contributed by atoms with E-state index in [2.05, 4.69) is 16.8 Å². The molecule has 5 heteroatoms. The third-order valence-corrected chi connectivity index (χ3v) is 3.62. The number of carbonyl (C=O) groups is 1. The van der Waals surface area contributed by atoms with Gasteiger partial charge in [-0.3, -0.25) is 4.79 Å². The maximum Gasteiger partial charge on any atom is 0.313 e. The van der Waals surface area contributed by atoms with Crippen molar-refractivity contribution in [2.75, 3.05) is 44.7 Å². The van der Waals surface area contributed by atoms with Crippen LogP contribution in [0.4, 0.5) is 5.69 Å². The molecule has 104 valence electrons. The molecule has 0 radical (unpaired) electrons. The number of anilines is 1. The van der Waals surface area contributed by atoms with Crippen molar-refractivity contribution in [3.05, 3.63) is 29.8 Å². The molecule has 1 aliphatic heterocycles. The summed E-state index contributed by atoms with van der Waals surface area (Å²) >= 11 is 0. The quantitative estimate of drug-likeness (QED) is 0.833. The number of piperazine rings is 1. The number of aliphatic hydroxyl groups is 1. The average Bonchev–Trinajstić information content (AvgIpc) is 2.40. The van der Waals surface area contributed by atoms with Crippen LogP contribution in [-0.4, -0.2) is 60.9 Å². The molecule has 2 N–H and O–H groups in total. The number of likely N-dealkylation sites (N-methyl/N-ethyl adjacent to an activating group) is 1. The van der Waals surface area contributed by atoms with Crippen LogP contribution in [0.15, 0.2) is 24.3 Å². The summed E-state index contributed by atoms with van der Waals surface area (Å²) < 4.78 is 0. The van der Waals surface area contributed by atoms with E-state index in [9.17, 15) is 9.90 Å². The lowest BCUT2D eigenvalue weighted by Gasteiger charge is -2.34. The van der Waals surface area contributed by atoms with Crippen LogP contribution < -0.4 is 4.90 Å². The number of carboxylic acid groups (broad SMARTS) is 1. The highest BCUT2D eigenvalue weighted by Gasteiger charge is 2.20. The first-order valence-electron chi connectivity index (χ1n) is 6.49. The molecule has 0 spiro atoms. The summed E-state index contributed by atoms with van der Waals surface area (Å²) in [6.45, 7) is 3.52. The van der Waals surface area contributed by atoms with Gasteiger partial charge in [0.15, 0.2) is 0 Å². The summed E-state index contributed by atoms with van der Waals surface area (Å²) in [6, 6.07) is 7.48. The predicted molar refractivity (Wildman–Crippen MR) is 73.6 cm³/mol.